The van der Waals surface area contributed by atoms with Gasteiger partial charge in [0.1, 0.15) is 0 Å². The summed E-state index contributed by atoms with van der Waals surface area (Å²) in [5, 5.41) is 5.15. The third-order valence-corrected chi connectivity index (χ3v) is 5.04. The van der Waals surface area contributed by atoms with Crippen molar-refractivity contribution in [2.45, 2.75) is 6.92 Å². The fraction of sp³-hybridized carbons (Fsp3) is 0.0909. The zero-order valence-corrected chi connectivity index (χ0v) is 16.2. The van der Waals surface area contributed by atoms with Crippen molar-refractivity contribution in [1.29, 1.82) is 0 Å². The number of nitrogens with one attached hydrogen (secondary N) is 1. The molecule has 0 saturated heterocycles. The highest BCUT2D eigenvalue weighted by molar-refractivity contribution is 5.82. The number of rotatable bonds is 3. The Kier molecular flexibility index (Phi) is 4.06. The number of nitrogens with zero attached hydrogens (tertiary/aromatic N) is 4. The van der Waals surface area contributed by atoms with Crippen LogP contribution in [0.3, 0.4) is 0 Å². The number of methoxy groups -OCH3 is 1. The van der Waals surface area contributed by atoms with Crippen LogP contribution in [-0.4, -0.2) is 31.7 Å². The molecule has 30 heavy (non-hydrogen) atoms. The van der Waals surface area contributed by atoms with Crippen LogP contribution in [0.25, 0.3) is 39.3 Å². The van der Waals surface area contributed by atoms with Crippen molar-refractivity contribution in [2.75, 3.05) is 7.11 Å². The molecule has 0 radical (unpaired) electrons. The monoisotopic (exact) mass is 401 g/mol. The van der Waals surface area contributed by atoms with E-state index < -0.39 is 5.82 Å². The van der Waals surface area contributed by atoms with Crippen LogP contribution in [0, 0.1) is 12.7 Å². The Labute approximate surface area is 169 Å². The molecule has 0 aliphatic rings. The van der Waals surface area contributed by atoms with E-state index >= 15 is 0 Å². The summed E-state index contributed by atoms with van der Waals surface area (Å²) < 4.78 is 20.3. The number of fused-ring (bicyclic) bond motifs is 2. The molecular formula is C22H16FN5O2. The third kappa shape index (κ3) is 2.81. The van der Waals surface area contributed by atoms with Crippen LogP contribution in [0.5, 0.6) is 5.75 Å². The lowest BCUT2D eigenvalue weighted by Gasteiger charge is -2.05. The Balaban J connectivity index is 1.64. The summed E-state index contributed by atoms with van der Waals surface area (Å²) in [6, 6.07) is 11.8. The highest BCUT2D eigenvalue weighted by atomic mass is 19.1. The van der Waals surface area contributed by atoms with E-state index in [0.29, 0.717) is 39.4 Å². The molecular weight excluding hydrogens is 385 g/mol. The molecule has 2 aromatic carbocycles. The lowest BCUT2D eigenvalue weighted by atomic mass is 10.1. The minimum atomic E-state index is -0.443. The van der Waals surface area contributed by atoms with E-state index in [2.05, 4.69) is 20.1 Å². The van der Waals surface area contributed by atoms with Crippen molar-refractivity contribution in [3.8, 4) is 28.5 Å². The van der Waals surface area contributed by atoms with Gasteiger partial charge in [0.2, 0.25) is 0 Å². The predicted molar refractivity (Wildman–Crippen MR) is 111 cm³/mol. The zero-order valence-electron chi connectivity index (χ0n) is 16.2. The smallest absolute Gasteiger partial charge is 0.199 e. The maximum atomic E-state index is 13.7. The molecule has 0 aliphatic carbocycles. The Bertz CT molecular complexity index is 1490. The van der Waals surface area contributed by atoms with Crippen LogP contribution in [0.1, 0.15) is 5.56 Å². The van der Waals surface area contributed by atoms with Gasteiger partial charge in [0.05, 0.1) is 30.9 Å². The van der Waals surface area contributed by atoms with Crippen LogP contribution >= 0.6 is 0 Å². The normalized spacial score (nSPS) is 11.3. The van der Waals surface area contributed by atoms with E-state index in [1.54, 1.807) is 42.0 Å². The first-order valence-corrected chi connectivity index (χ1v) is 9.23. The number of aromatic amines is 1. The van der Waals surface area contributed by atoms with Crippen molar-refractivity contribution in [1.82, 2.24) is 24.6 Å². The summed E-state index contributed by atoms with van der Waals surface area (Å²) in [4.78, 5) is 24.9. The van der Waals surface area contributed by atoms with Crippen LogP contribution in [-0.2, 0) is 0 Å². The Hall–Kier alpha value is -4.07. The van der Waals surface area contributed by atoms with Crippen LogP contribution < -0.4 is 10.2 Å². The second-order valence-corrected chi connectivity index (χ2v) is 6.86. The molecule has 0 aliphatic heterocycles. The predicted octanol–water partition coefficient (Wildman–Crippen LogP) is 3.76. The third-order valence-electron chi connectivity index (χ3n) is 5.04. The van der Waals surface area contributed by atoms with Gasteiger partial charge in [0.25, 0.3) is 0 Å². The van der Waals surface area contributed by atoms with E-state index in [1.165, 1.54) is 13.2 Å². The molecule has 8 heteroatoms. The first kappa shape index (κ1) is 18.0. The molecule has 3 aromatic heterocycles. The van der Waals surface area contributed by atoms with Gasteiger partial charge < -0.3 is 9.72 Å². The van der Waals surface area contributed by atoms with E-state index in [-0.39, 0.29) is 11.2 Å². The summed E-state index contributed by atoms with van der Waals surface area (Å²) in [6.07, 6.45) is 3.28. The number of benzene rings is 2. The molecule has 0 spiro atoms. The summed E-state index contributed by atoms with van der Waals surface area (Å²) in [7, 11) is 1.41. The number of halogens is 1. The molecule has 0 amide bonds. The van der Waals surface area contributed by atoms with Crippen molar-refractivity contribution < 1.29 is 9.13 Å². The molecule has 5 aromatic rings. The Morgan fingerprint density at radius 1 is 1.17 bits per heavy atom. The number of H-pyrrole nitrogens is 1. The molecule has 1 N–H and O–H groups in total. The van der Waals surface area contributed by atoms with Gasteiger partial charge >= 0.3 is 0 Å². The van der Waals surface area contributed by atoms with Crippen molar-refractivity contribution in [2.24, 2.45) is 0 Å². The molecule has 0 atom stereocenters. The van der Waals surface area contributed by atoms with Crippen LogP contribution in [0.4, 0.5) is 4.39 Å². The van der Waals surface area contributed by atoms with Crippen molar-refractivity contribution in [3.63, 3.8) is 0 Å². The molecule has 0 fully saturated rings. The van der Waals surface area contributed by atoms with E-state index in [0.717, 1.165) is 5.52 Å². The number of aromatic nitrogens is 5. The summed E-state index contributed by atoms with van der Waals surface area (Å²) in [5.41, 5.74) is 3.56. The number of pyridine rings is 1. The van der Waals surface area contributed by atoms with Gasteiger partial charge in [-0.1, -0.05) is 12.1 Å². The molecule has 0 saturated carbocycles. The lowest BCUT2D eigenvalue weighted by Crippen LogP contribution is -2.09. The molecule has 5 rings (SSSR count). The molecule has 7 nitrogen and oxygen atoms in total. The van der Waals surface area contributed by atoms with Gasteiger partial charge in [-0.05, 0) is 37.3 Å². The van der Waals surface area contributed by atoms with E-state index in [4.69, 9.17) is 4.74 Å². The average Bonchev–Trinajstić information content (AvgIpc) is 3.19. The Morgan fingerprint density at radius 2 is 2.00 bits per heavy atom. The summed E-state index contributed by atoms with van der Waals surface area (Å²) in [5.74, 6) is 0.0881. The topological polar surface area (TPSA) is 85.2 Å². The number of ether oxygens (including phenoxy) is 1. The first-order chi connectivity index (χ1) is 14.5. The maximum Gasteiger partial charge on any atom is 0.199 e. The zero-order chi connectivity index (χ0) is 20.8. The molecule has 0 bridgehead atoms. The van der Waals surface area contributed by atoms with Crippen LogP contribution in [0.15, 0.2) is 59.7 Å². The van der Waals surface area contributed by atoms with Crippen LogP contribution in [0.2, 0.25) is 0 Å². The van der Waals surface area contributed by atoms with Gasteiger partial charge in [-0.15, -0.1) is 5.10 Å². The maximum absolute atomic E-state index is 13.7. The van der Waals surface area contributed by atoms with Crippen molar-refractivity contribution >= 4 is 16.6 Å². The van der Waals surface area contributed by atoms with Gasteiger partial charge in [-0.3, -0.25) is 9.78 Å². The highest BCUT2D eigenvalue weighted by Crippen LogP contribution is 2.26. The minimum Gasteiger partial charge on any atom is -0.494 e. The fourth-order valence-electron chi connectivity index (χ4n) is 3.43. The van der Waals surface area contributed by atoms with E-state index in [9.17, 15) is 9.18 Å². The first-order valence-electron chi connectivity index (χ1n) is 9.23. The quantitative estimate of drug-likeness (QED) is 0.498. The SMILES string of the molecule is COc1cc(-c2cn3nc(-c4[nH]c5ccccc5c(=O)c4C)nc3cn2)ccc1F. The van der Waals surface area contributed by atoms with E-state index in [1.807, 2.05) is 18.2 Å². The fourth-order valence-corrected chi connectivity index (χ4v) is 3.43. The second-order valence-electron chi connectivity index (χ2n) is 6.86. The second kappa shape index (κ2) is 6.77. The largest absolute Gasteiger partial charge is 0.494 e. The minimum absolute atomic E-state index is 0.0598. The highest BCUT2D eigenvalue weighted by Gasteiger charge is 2.15. The van der Waals surface area contributed by atoms with Gasteiger partial charge in [0, 0.05) is 22.0 Å². The van der Waals surface area contributed by atoms with Gasteiger partial charge in [-0.2, -0.15) is 0 Å². The average molecular weight is 401 g/mol. The molecule has 0 unspecified atom stereocenters. The summed E-state index contributed by atoms with van der Waals surface area (Å²) in [6.45, 7) is 1.75. The number of para-hydroxylation sites is 1. The number of hydrogen-bond acceptors (Lipinski definition) is 5. The van der Waals surface area contributed by atoms with Gasteiger partial charge in [0.15, 0.2) is 28.5 Å². The lowest BCUT2D eigenvalue weighted by molar-refractivity contribution is 0.387. The number of hydrogen-bond donors (Lipinski definition) is 1. The van der Waals surface area contributed by atoms with Gasteiger partial charge in [-0.25, -0.2) is 13.9 Å². The van der Waals surface area contributed by atoms with Crippen molar-refractivity contribution in [3.05, 3.63) is 76.5 Å². The summed E-state index contributed by atoms with van der Waals surface area (Å²) >= 11 is 0. The Morgan fingerprint density at radius 3 is 2.83 bits per heavy atom. The molecule has 3 heterocycles. The standard InChI is InChI=1S/C22H16FN5O2/c1-12-20(25-16-6-4-3-5-14(16)21(12)29)22-26-19-10-24-17(11-28(19)27-22)13-7-8-15(23)18(9-13)30-2/h3-11H,1-2H3,(H,25,29). The molecule has 148 valence electrons.